The van der Waals surface area contributed by atoms with Gasteiger partial charge < -0.3 is 10.0 Å². The van der Waals surface area contributed by atoms with Crippen molar-refractivity contribution < 1.29 is 14.7 Å². The third-order valence-electron chi connectivity index (χ3n) is 4.46. The molecule has 0 radical (unpaired) electrons. The Balaban J connectivity index is 2.44. The van der Waals surface area contributed by atoms with Crippen molar-refractivity contribution in [1.29, 1.82) is 0 Å². The molecule has 0 aliphatic rings. The van der Waals surface area contributed by atoms with Crippen LogP contribution in [0.1, 0.15) is 62.7 Å². The lowest BCUT2D eigenvalue weighted by Crippen LogP contribution is -2.47. The number of pyridine rings is 1. The van der Waals surface area contributed by atoms with Gasteiger partial charge in [-0.15, -0.1) is 5.10 Å². The summed E-state index contributed by atoms with van der Waals surface area (Å²) < 4.78 is 1.53. The Morgan fingerprint density at radius 1 is 1.29 bits per heavy atom. The van der Waals surface area contributed by atoms with Gasteiger partial charge in [-0.2, -0.15) is 4.68 Å². The number of aromatic nitrogens is 4. The van der Waals surface area contributed by atoms with Gasteiger partial charge in [0, 0.05) is 25.3 Å². The lowest BCUT2D eigenvalue weighted by Gasteiger charge is -2.37. The fourth-order valence-electron chi connectivity index (χ4n) is 3.02. The van der Waals surface area contributed by atoms with Crippen LogP contribution in [0.4, 0.5) is 4.79 Å². The number of hydrogen-bond donors (Lipinski definition) is 1. The van der Waals surface area contributed by atoms with E-state index in [9.17, 15) is 14.7 Å². The standard InChI is InChI=1S/C19H28N6O3/c1-8-23(7)17(26)14-9-10-15(20-11-14)25-16(21-13(3)22-25)12(2)24(18(27)28)19(4,5)6/h9-12H,8H2,1-7H3,(H,27,28). The van der Waals surface area contributed by atoms with Gasteiger partial charge in [0.05, 0.1) is 11.6 Å². The molecule has 0 aliphatic carbocycles. The number of nitrogens with zero attached hydrogens (tertiary/aromatic N) is 6. The zero-order valence-corrected chi connectivity index (χ0v) is 17.5. The van der Waals surface area contributed by atoms with Crippen LogP contribution in [-0.2, 0) is 0 Å². The number of carbonyl (C=O) groups excluding carboxylic acids is 1. The van der Waals surface area contributed by atoms with Crippen molar-refractivity contribution in [2.45, 2.75) is 53.1 Å². The molecule has 9 nitrogen and oxygen atoms in total. The molecule has 2 heterocycles. The molecule has 2 amide bonds. The Morgan fingerprint density at radius 2 is 1.93 bits per heavy atom. The Hall–Kier alpha value is -2.97. The van der Waals surface area contributed by atoms with E-state index in [2.05, 4.69) is 15.1 Å². The van der Waals surface area contributed by atoms with E-state index in [1.54, 1.807) is 37.9 Å². The number of aryl methyl sites for hydroxylation is 1. The molecule has 1 N–H and O–H groups in total. The summed E-state index contributed by atoms with van der Waals surface area (Å²) in [7, 11) is 1.73. The molecule has 0 aliphatic heterocycles. The topological polar surface area (TPSA) is 104 Å². The molecular weight excluding hydrogens is 360 g/mol. The maximum Gasteiger partial charge on any atom is 0.408 e. The normalized spacial score (nSPS) is 12.5. The maximum atomic E-state index is 12.3. The molecule has 0 aromatic carbocycles. The molecule has 28 heavy (non-hydrogen) atoms. The highest BCUT2D eigenvalue weighted by Gasteiger charge is 2.34. The Labute approximate surface area is 165 Å². The monoisotopic (exact) mass is 388 g/mol. The van der Waals surface area contributed by atoms with Crippen LogP contribution in [0, 0.1) is 6.92 Å². The third-order valence-corrected chi connectivity index (χ3v) is 4.46. The van der Waals surface area contributed by atoms with Crippen LogP contribution in [0.5, 0.6) is 0 Å². The van der Waals surface area contributed by atoms with Gasteiger partial charge in [0.15, 0.2) is 11.6 Å². The van der Waals surface area contributed by atoms with Crippen LogP contribution in [0.3, 0.4) is 0 Å². The van der Waals surface area contributed by atoms with Crippen LogP contribution in [0.25, 0.3) is 5.82 Å². The summed E-state index contributed by atoms with van der Waals surface area (Å²) in [4.78, 5) is 35.8. The summed E-state index contributed by atoms with van der Waals surface area (Å²) in [5.74, 6) is 1.33. The second-order valence-electron chi connectivity index (χ2n) is 7.65. The summed E-state index contributed by atoms with van der Waals surface area (Å²) >= 11 is 0. The van der Waals surface area contributed by atoms with Crippen molar-refractivity contribution in [1.82, 2.24) is 29.5 Å². The van der Waals surface area contributed by atoms with Crippen molar-refractivity contribution in [3.05, 3.63) is 35.5 Å². The smallest absolute Gasteiger partial charge is 0.408 e. The van der Waals surface area contributed by atoms with Gasteiger partial charge >= 0.3 is 6.09 Å². The van der Waals surface area contributed by atoms with Gasteiger partial charge in [-0.3, -0.25) is 9.69 Å². The van der Waals surface area contributed by atoms with E-state index in [0.29, 0.717) is 29.6 Å². The van der Waals surface area contributed by atoms with E-state index in [0.717, 1.165) is 0 Å². The molecule has 2 rings (SSSR count). The van der Waals surface area contributed by atoms with Crippen LogP contribution in [-0.4, -0.2) is 65.8 Å². The van der Waals surface area contributed by atoms with Crippen molar-refractivity contribution >= 4 is 12.0 Å². The average Bonchev–Trinajstić information content (AvgIpc) is 3.00. The molecule has 9 heteroatoms. The largest absolute Gasteiger partial charge is 0.465 e. The summed E-state index contributed by atoms with van der Waals surface area (Å²) in [6, 6.07) is 2.82. The zero-order chi connectivity index (χ0) is 21.2. The molecule has 0 bridgehead atoms. The second-order valence-corrected chi connectivity index (χ2v) is 7.65. The van der Waals surface area contributed by atoms with Gasteiger partial charge in [0.1, 0.15) is 5.82 Å². The summed E-state index contributed by atoms with van der Waals surface area (Å²) in [5, 5.41) is 14.1. The highest BCUT2D eigenvalue weighted by Crippen LogP contribution is 2.28. The fourth-order valence-corrected chi connectivity index (χ4v) is 3.02. The molecule has 1 unspecified atom stereocenters. The van der Waals surface area contributed by atoms with E-state index >= 15 is 0 Å². The van der Waals surface area contributed by atoms with Crippen LogP contribution >= 0.6 is 0 Å². The number of hydrogen-bond acceptors (Lipinski definition) is 5. The van der Waals surface area contributed by atoms with E-state index in [4.69, 9.17) is 0 Å². The summed E-state index contributed by atoms with van der Waals surface area (Å²) in [6.45, 7) is 11.5. The molecule has 0 spiro atoms. The second kappa shape index (κ2) is 7.95. The van der Waals surface area contributed by atoms with Gasteiger partial charge in [0.2, 0.25) is 0 Å². The molecule has 152 valence electrons. The van der Waals surface area contributed by atoms with Crippen molar-refractivity contribution in [3.63, 3.8) is 0 Å². The highest BCUT2D eigenvalue weighted by atomic mass is 16.4. The Kier molecular flexibility index (Phi) is 6.06. The molecular formula is C19H28N6O3. The maximum absolute atomic E-state index is 12.3. The Bertz CT molecular complexity index is 854. The first-order valence-corrected chi connectivity index (χ1v) is 9.15. The van der Waals surface area contributed by atoms with Crippen LogP contribution in [0.2, 0.25) is 0 Å². The summed E-state index contributed by atoms with van der Waals surface area (Å²) in [6.07, 6.45) is 0.456. The van der Waals surface area contributed by atoms with E-state index in [1.165, 1.54) is 15.8 Å². The van der Waals surface area contributed by atoms with Gasteiger partial charge in [0.25, 0.3) is 5.91 Å². The molecule has 0 saturated heterocycles. The third kappa shape index (κ3) is 4.29. The minimum atomic E-state index is -1.04. The summed E-state index contributed by atoms with van der Waals surface area (Å²) in [5.41, 5.74) is -0.147. The minimum absolute atomic E-state index is 0.116. The Morgan fingerprint density at radius 3 is 2.39 bits per heavy atom. The molecule has 1 atom stereocenters. The first-order valence-electron chi connectivity index (χ1n) is 9.15. The van der Waals surface area contributed by atoms with E-state index in [1.807, 2.05) is 27.7 Å². The van der Waals surface area contributed by atoms with Crippen molar-refractivity contribution in [2.24, 2.45) is 0 Å². The van der Waals surface area contributed by atoms with Crippen molar-refractivity contribution in [2.75, 3.05) is 13.6 Å². The fraction of sp³-hybridized carbons (Fsp3) is 0.526. The van der Waals surface area contributed by atoms with Crippen LogP contribution in [0.15, 0.2) is 18.3 Å². The van der Waals surface area contributed by atoms with Gasteiger partial charge in [-0.05, 0) is 53.7 Å². The molecule has 0 fully saturated rings. The predicted octanol–water partition coefficient (Wildman–Crippen LogP) is 2.90. The first-order chi connectivity index (χ1) is 13.0. The molecule has 2 aromatic rings. The molecule has 2 aromatic heterocycles. The highest BCUT2D eigenvalue weighted by molar-refractivity contribution is 5.93. The first kappa shape index (κ1) is 21.3. The number of rotatable bonds is 5. The number of carbonyl (C=O) groups is 2. The van der Waals surface area contributed by atoms with E-state index < -0.39 is 17.7 Å². The van der Waals surface area contributed by atoms with Gasteiger partial charge in [-0.1, -0.05) is 0 Å². The zero-order valence-electron chi connectivity index (χ0n) is 17.5. The van der Waals surface area contributed by atoms with E-state index in [-0.39, 0.29) is 5.91 Å². The number of carboxylic acid groups (broad SMARTS) is 1. The van der Waals surface area contributed by atoms with Crippen LogP contribution < -0.4 is 0 Å². The average molecular weight is 388 g/mol. The number of amides is 2. The SMILES string of the molecule is CCN(C)C(=O)c1ccc(-n2nc(C)nc2C(C)N(C(=O)O)C(C)(C)C)nc1. The van der Waals surface area contributed by atoms with Crippen molar-refractivity contribution in [3.8, 4) is 5.82 Å². The quantitative estimate of drug-likeness (QED) is 0.844. The lowest BCUT2D eigenvalue weighted by atomic mass is 10.0. The minimum Gasteiger partial charge on any atom is -0.465 e. The van der Waals surface area contributed by atoms with Gasteiger partial charge in [-0.25, -0.2) is 14.8 Å². The lowest BCUT2D eigenvalue weighted by molar-refractivity contribution is 0.0718. The molecule has 0 saturated carbocycles. The predicted molar refractivity (Wildman–Crippen MR) is 105 cm³/mol.